The zero-order valence-corrected chi connectivity index (χ0v) is 19.4. The molecule has 0 saturated carbocycles. The van der Waals surface area contributed by atoms with Crippen LogP contribution < -0.4 is 10.6 Å². The number of rotatable bonds is 6. The number of sulfonamides is 1. The van der Waals surface area contributed by atoms with Crippen LogP contribution in [0.2, 0.25) is 0 Å². The Morgan fingerprint density at radius 2 is 1.88 bits per heavy atom. The first-order chi connectivity index (χ1) is 15.7. The molecular formula is C22H24N4O6S. The number of carbonyl (C=O) groups excluding carboxylic acids is 2. The number of ether oxygens (including phenoxy) is 1. The number of amides is 1. The van der Waals surface area contributed by atoms with Crippen molar-refractivity contribution in [3.8, 4) is 0 Å². The van der Waals surface area contributed by atoms with Gasteiger partial charge >= 0.3 is 5.97 Å². The third-order valence-electron chi connectivity index (χ3n) is 4.77. The second-order valence-electron chi connectivity index (χ2n) is 6.90. The summed E-state index contributed by atoms with van der Waals surface area (Å²) >= 11 is 0. The SMILES string of the molecule is CCOC(=O)C1=C(C)Nc2ccccc2N=C1NC(=O)c1cccc(S(=O)(=O)N(C)OC)c1. The van der Waals surface area contributed by atoms with Gasteiger partial charge in [0.05, 0.1) is 30.0 Å². The lowest BCUT2D eigenvalue weighted by Gasteiger charge is -2.15. The fourth-order valence-corrected chi connectivity index (χ4v) is 4.08. The maximum atomic E-state index is 13.1. The van der Waals surface area contributed by atoms with Gasteiger partial charge in [-0.3, -0.25) is 9.63 Å². The van der Waals surface area contributed by atoms with E-state index in [2.05, 4.69) is 15.6 Å². The maximum absolute atomic E-state index is 13.1. The largest absolute Gasteiger partial charge is 0.462 e. The van der Waals surface area contributed by atoms with E-state index in [-0.39, 0.29) is 28.5 Å². The quantitative estimate of drug-likeness (QED) is 0.489. The number of esters is 1. The zero-order chi connectivity index (χ0) is 24.2. The first-order valence-corrected chi connectivity index (χ1v) is 11.4. The Balaban J connectivity index is 2.02. The van der Waals surface area contributed by atoms with Crippen molar-refractivity contribution < 1.29 is 27.6 Å². The summed E-state index contributed by atoms with van der Waals surface area (Å²) in [7, 11) is -1.50. The van der Waals surface area contributed by atoms with Crippen molar-refractivity contribution in [3.05, 3.63) is 65.4 Å². The van der Waals surface area contributed by atoms with Crippen LogP contribution in [0.4, 0.5) is 11.4 Å². The molecule has 33 heavy (non-hydrogen) atoms. The summed E-state index contributed by atoms with van der Waals surface area (Å²) in [5, 5.41) is 5.75. The molecule has 0 spiro atoms. The van der Waals surface area contributed by atoms with Gasteiger partial charge in [0.15, 0.2) is 0 Å². The number of nitrogens with one attached hydrogen (secondary N) is 2. The van der Waals surface area contributed by atoms with Crippen LogP contribution in [0.1, 0.15) is 24.2 Å². The lowest BCUT2D eigenvalue weighted by molar-refractivity contribution is -0.137. The molecule has 0 saturated heterocycles. The highest BCUT2D eigenvalue weighted by molar-refractivity contribution is 7.89. The van der Waals surface area contributed by atoms with Gasteiger partial charge in [0.2, 0.25) is 0 Å². The Bertz CT molecular complexity index is 1250. The molecule has 2 aromatic carbocycles. The molecule has 10 nitrogen and oxygen atoms in total. The molecule has 2 aromatic rings. The van der Waals surface area contributed by atoms with E-state index in [9.17, 15) is 18.0 Å². The molecule has 0 aliphatic carbocycles. The molecule has 0 atom stereocenters. The lowest BCUT2D eigenvalue weighted by atomic mass is 10.1. The van der Waals surface area contributed by atoms with E-state index in [4.69, 9.17) is 9.57 Å². The van der Waals surface area contributed by atoms with Gasteiger partial charge in [-0.2, -0.15) is 0 Å². The van der Waals surface area contributed by atoms with Crippen molar-refractivity contribution in [2.75, 3.05) is 26.1 Å². The molecule has 174 valence electrons. The minimum absolute atomic E-state index is 0.0179. The molecule has 0 unspecified atom stereocenters. The standard InChI is InChI=1S/C22H24N4O6S/c1-5-32-22(28)19-14(2)23-17-11-6-7-12-18(17)24-20(19)25-21(27)15-9-8-10-16(13-15)33(29,30)26(3)31-4/h6-13,23H,5H2,1-4H3,(H,24,25,27). The van der Waals surface area contributed by atoms with Gasteiger partial charge in [-0.25, -0.2) is 18.2 Å². The number of allylic oxidation sites excluding steroid dienone is 1. The normalized spacial score (nSPS) is 13.5. The van der Waals surface area contributed by atoms with Gasteiger partial charge in [0.25, 0.3) is 15.9 Å². The van der Waals surface area contributed by atoms with Gasteiger partial charge in [-0.1, -0.05) is 22.7 Å². The summed E-state index contributed by atoms with van der Waals surface area (Å²) < 4.78 is 30.9. The molecule has 1 aliphatic rings. The van der Waals surface area contributed by atoms with E-state index in [1.165, 1.54) is 38.4 Å². The summed E-state index contributed by atoms with van der Waals surface area (Å²) in [4.78, 5) is 34.9. The van der Waals surface area contributed by atoms with Crippen molar-refractivity contribution in [3.63, 3.8) is 0 Å². The first kappa shape index (κ1) is 24.1. The van der Waals surface area contributed by atoms with Crippen molar-refractivity contribution in [2.24, 2.45) is 4.99 Å². The van der Waals surface area contributed by atoms with Crippen molar-refractivity contribution >= 4 is 39.1 Å². The van der Waals surface area contributed by atoms with Crippen LogP contribution in [0.5, 0.6) is 0 Å². The van der Waals surface area contributed by atoms with E-state index < -0.39 is 21.9 Å². The number of para-hydroxylation sites is 2. The van der Waals surface area contributed by atoms with Crippen LogP contribution in [-0.4, -0.2) is 51.4 Å². The third kappa shape index (κ3) is 5.11. The lowest BCUT2D eigenvalue weighted by Crippen LogP contribution is -2.35. The van der Waals surface area contributed by atoms with Gasteiger partial charge in [-0.15, -0.1) is 0 Å². The number of hydroxylamine groups is 1. The number of hydrogen-bond acceptors (Lipinski definition) is 8. The number of hydrogen-bond donors (Lipinski definition) is 2. The fraction of sp³-hybridized carbons (Fsp3) is 0.227. The zero-order valence-electron chi connectivity index (χ0n) is 18.6. The fourth-order valence-electron chi connectivity index (χ4n) is 3.06. The number of amidine groups is 1. The monoisotopic (exact) mass is 472 g/mol. The predicted molar refractivity (Wildman–Crippen MR) is 122 cm³/mol. The van der Waals surface area contributed by atoms with Crippen LogP contribution in [0.3, 0.4) is 0 Å². The van der Waals surface area contributed by atoms with Gasteiger partial charge in [-0.05, 0) is 44.2 Å². The van der Waals surface area contributed by atoms with Crippen LogP contribution in [0.15, 0.2) is 69.7 Å². The average molecular weight is 473 g/mol. The molecule has 0 aromatic heterocycles. The highest BCUT2D eigenvalue weighted by Gasteiger charge is 2.27. The van der Waals surface area contributed by atoms with Gasteiger partial charge in [0, 0.05) is 18.3 Å². The molecule has 1 aliphatic heterocycles. The maximum Gasteiger partial charge on any atom is 0.343 e. The van der Waals surface area contributed by atoms with E-state index in [1.54, 1.807) is 32.0 Å². The number of carbonyl (C=O) groups is 2. The summed E-state index contributed by atoms with van der Waals surface area (Å²) in [6.07, 6.45) is 0. The molecule has 0 bridgehead atoms. The van der Waals surface area contributed by atoms with Crippen LogP contribution in [-0.2, 0) is 24.4 Å². The summed E-state index contributed by atoms with van der Waals surface area (Å²) in [6, 6.07) is 12.5. The average Bonchev–Trinajstić information content (AvgIpc) is 2.93. The van der Waals surface area contributed by atoms with Crippen LogP contribution in [0, 0.1) is 0 Å². The third-order valence-corrected chi connectivity index (χ3v) is 6.45. The highest BCUT2D eigenvalue weighted by Crippen LogP contribution is 2.30. The molecule has 0 radical (unpaired) electrons. The Morgan fingerprint density at radius 3 is 2.58 bits per heavy atom. The van der Waals surface area contributed by atoms with Crippen molar-refractivity contribution in [1.82, 2.24) is 9.79 Å². The Hall–Kier alpha value is -3.54. The van der Waals surface area contributed by atoms with Gasteiger partial charge < -0.3 is 15.4 Å². The molecule has 0 fully saturated rings. The first-order valence-electron chi connectivity index (χ1n) is 9.96. The highest BCUT2D eigenvalue weighted by atomic mass is 32.2. The number of anilines is 1. The topological polar surface area (TPSA) is 126 Å². The van der Waals surface area contributed by atoms with E-state index in [1.807, 2.05) is 6.07 Å². The minimum atomic E-state index is -3.96. The Kier molecular flexibility index (Phi) is 7.26. The van der Waals surface area contributed by atoms with Crippen LogP contribution >= 0.6 is 0 Å². The second kappa shape index (κ2) is 9.94. The van der Waals surface area contributed by atoms with E-state index in [0.717, 1.165) is 0 Å². The number of fused-ring (bicyclic) bond motifs is 1. The predicted octanol–water partition coefficient (Wildman–Crippen LogP) is 2.59. The summed E-state index contributed by atoms with van der Waals surface area (Å²) in [5.74, 6) is -1.33. The van der Waals surface area contributed by atoms with Gasteiger partial charge in [0.1, 0.15) is 11.4 Å². The second-order valence-corrected chi connectivity index (χ2v) is 8.84. The van der Waals surface area contributed by atoms with Crippen molar-refractivity contribution in [1.29, 1.82) is 0 Å². The van der Waals surface area contributed by atoms with E-state index >= 15 is 0 Å². The molecular weight excluding hydrogens is 448 g/mol. The van der Waals surface area contributed by atoms with Crippen molar-refractivity contribution in [2.45, 2.75) is 18.7 Å². The summed E-state index contributed by atoms with van der Waals surface area (Å²) in [5.41, 5.74) is 1.70. The Labute approximate surface area is 191 Å². The summed E-state index contributed by atoms with van der Waals surface area (Å²) in [6.45, 7) is 3.48. The molecule has 2 N–H and O–H groups in total. The molecule has 1 amide bonds. The Morgan fingerprint density at radius 1 is 1.15 bits per heavy atom. The number of nitrogens with zero attached hydrogens (tertiary/aromatic N) is 2. The smallest absolute Gasteiger partial charge is 0.343 e. The molecule has 11 heteroatoms. The number of benzene rings is 2. The molecule has 3 rings (SSSR count). The van der Waals surface area contributed by atoms with E-state index in [0.29, 0.717) is 21.5 Å². The minimum Gasteiger partial charge on any atom is -0.462 e. The molecule has 1 heterocycles. The van der Waals surface area contributed by atoms with Crippen LogP contribution in [0.25, 0.3) is 0 Å². The number of aliphatic imine (C=N–C) groups is 1.